The van der Waals surface area contributed by atoms with Crippen LogP contribution in [0.15, 0.2) is 4.99 Å². The molecule has 0 bridgehead atoms. The molecule has 0 heterocycles. The highest BCUT2D eigenvalue weighted by molar-refractivity contribution is 5.81. The van der Waals surface area contributed by atoms with Crippen LogP contribution in [0.4, 0.5) is 0 Å². The first kappa shape index (κ1) is 9.67. The Morgan fingerprint density at radius 3 is 2.50 bits per heavy atom. The molecule has 0 N–H and O–H groups in total. The Morgan fingerprint density at radius 2 is 2.10 bits per heavy atom. The first-order valence-electron chi connectivity index (χ1n) is 3.96. The molecule has 0 unspecified atom stereocenters. The van der Waals surface area contributed by atoms with E-state index in [-0.39, 0.29) is 0 Å². The van der Waals surface area contributed by atoms with Crippen molar-refractivity contribution in [1.82, 2.24) is 0 Å². The summed E-state index contributed by atoms with van der Waals surface area (Å²) in [5.41, 5.74) is 1.26. The minimum absolute atomic E-state index is 0.730. The van der Waals surface area contributed by atoms with E-state index in [1.54, 1.807) is 0 Å². The summed E-state index contributed by atoms with van der Waals surface area (Å²) < 4.78 is 0. The number of rotatable bonds is 4. The van der Waals surface area contributed by atoms with E-state index in [1.807, 2.05) is 0 Å². The van der Waals surface area contributed by atoms with Crippen molar-refractivity contribution < 1.29 is 0 Å². The van der Waals surface area contributed by atoms with E-state index in [0.717, 1.165) is 25.3 Å². The molecule has 0 amide bonds. The second-order valence-corrected chi connectivity index (χ2v) is 3.07. The van der Waals surface area contributed by atoms with Gasteiger partial charge in [0.15, 0.2) is 0 Å². The van der Waals surface area contributed by atoms with Crippen molar-refractivity contribution in [2.45, 2.75) is 33.6 Å². The molecule has 0 aliphatic rings. The third kappa shape index (κ3) is 5.80. The second kappa shape index (κ2) is 5.45. The lowest BCUT2D eigenvalue weighted by molar-refractivity contribution is 0.680. The second-order valence-electron chi connectivity index (χ2n) is 3.07. The topological polar surface area (TPSA) is 12.4 Å². The van der Waals surface area contributed by atoms with Crippen LogP contribution in [0.1, 0.15) is 33.6 Å². The van der Waals surface area contributed by atoms with Crippen LogP contribution in [0.25, 0.3) is 0 Å². The average Bonchev–Trinajstić information content (AvgIpc) is 1.82. The van der Waals surface area contributed by atoms with Gasteiger partial charge in [0.25, 0.3) is 0 Å². The van der Waals surface area contributed by atoms with Gasteiger partial charge in [0, 0.05) is 12.3 Å². The first-order chi connectivity index (χ1) is 4.66. The van der Waals surface area contributed by atoms with Crippen molar-refractivity contribution >= 4 is 5.71 Å². The Hall–Kier alpha value is -0.330. The van der Waals surface area contributed by atoms with Gasteiger partial charge in [-0.3, -0.25) is 4.99 Å². The zero-order chi connectivity index (χ0) is 7.98. The Morgan fingerprint density at radius 1 is 1.50 bits per heavy atom. The van der Waals surface area contributed by atoms with Crippen molar-refractivity contribution in [1.29, 1.82) is 0 Å². The third-order valence-corrected chi connectivity index (χ3v) is 1.24. The zero-order valence-electron chi connectivity index (χ0n) is 7.35. The van der Waals surface area contributed by atoms with E-state index in [2.05, 4.69) is 32.7 Å². The molecule has 0 aliphatic carbocycles. The van der Waals surface area contributed by atoms with Crippen molar-refractivity contribution in [2.24, 2.45) is 10.9 Å². The largest absolute Gasteiger partial charge is 0.294 e. The molecule has 0 aromatic carbocycles. The molecule has 0 spiro atoms. The highest BCUT2D eigenvalue weighted by atomic mass is 14.7. The maximum absolute atomic E-state index is 4.34. The Bertz CT molecular complexity index is 103. The molecule has 0 saturated carbocycles. The summed E-state index contributed by atoms with van der Waals surface area (Å²) in [5.74, 6) is 0.730. The third-order valence-electron chi connectivity index (χ3n) is 1.24. The first-order valence-corrected chi connectivity index (χ1v) is 3.96. The lowest BCUT2D eigenvalue weighted by Crippen LogP contribution is -1.98. The molecule has 0 aromatic rings. The molecule has 0 aromatic heterocycles. The molecule has 1 nitrogen and oxygen atoms in total. The van der Waals surface area contributed by atoms with Crippen LogP contribution in [-0.2, 0) is 0 Å². The predicted molar refractivity (Wildman–Crippen MR) is 47.4 cm³/mol. The van der Waals surface area contributed by atoms with E-state index in [9.17, 15) is 0 Å². The van der Waals surface area contributed by atoms with Gasteiger partial charge >= 0.3 is 0 Å². The van der Waals surface area contributed by atoms with Crippen LogP contribution in [0, 0.1) is 12.8 Å². The highest BCUT2D eigenvalue weighted by Crippen LogP contribution is 2.00. The van der Waals surface area contributed by atoms with Crippen LogP contribution >= 0.6 is 0 Å². The van der Waals surface area contributed by atoms with Crippen molar-refractivity contribution in [3.63, 3.8) is 0 Å². The van der Waals surface area contributed by atoms with Gasteiger partial charge in [0.2, 0.25) is 0 Å². The van der Waals surface area contributed by atoms with Crippen LogP contribution in [0.5, 0.6) is 0 Å². The number of aliphatic imine (C=N–C) groups is 1. The molecule has 59 valence electrons. The number of nitrogens with zero attached hydrogens (tertiary/aromatic N) is 1. The fourth-order valence-electron chi connectivity index (χ4n) is 0.925. The molecule has 0 aliphatic heterocycles. The quantitative estimate of drug-likeness (QED) is 0.532. The standard InChI is InChI=1S/C9H18N/c1-5-6-10-9(4)7-8(2)3/h8H,1,5-7H2,2-4H3/b10-9+. The monoisotopic (exact) mass is 140 g/mol. The molecule has 0 saturated heterocycles. The zero-order valence-corrected chi connectivity index (χ0v) is 7.35. The summed E-state index contributed by atoms with van der Waals surface area (Å²) in [5, 5.41) is 0. The fraction of sp³-hybridized carbons (Fsp3) is 0.778. The molecular weight excluding hydrogens is 122 g/mol. The van der Waals surface area contributed by atoms with E-state index < -0.39 is 0 Å². The highest BCUT2D eigenvalue weighted by Gasteiger charge is 1.94. The van der Waals surface area contributed by atoms with Crippen molar-refractivity contribution in [3.8, 4) is 0 Å². The molecular formula is C9H18N. The Balaban J connectivity index is 3.49. The lowest BCUT2D eigenvalue weighted by Gasteiger charge is -2.02. The van der Waals surface area contributed by atoms with Gasteiger partial charge < -0.3 is 0 Å². The lowest BCUT2D eigenvalue weighted by atomic mass is 10.1. The van der Waals surface area contributed by atoms with Crippen LogP contribution < -0.4 is 0 Å². The van der Waals surface area contributed by atoms with Gasteiger partial charge in [0.1, 0.15) is 0 Å². The molecule has 0 atom stereocenters. The minimum Gasteiger partial charge on any atom is -0.294 e. The predicted octanol–water partition coefficient (Wildman–Crippen LogP) is 2.72. The van der Waals surface area contributed by atoms with Crippen molar-refractivity contribution in [2.75, 3.05) is 6.54 Å². The molecule has 1 heteroatoms. The Labute approximate surface area is 64.6 Å². The smallest absolute Gasteiger partial charge is 0.0388 e. The molecule has 0 fully saturated rings. The maximum atomic E-state index is 4.34. The SMILES string of the molecule is [CH2]CC/N=C(\C)CC(C)C. The molecule has 1 radical (unpaired) electrons. The van der Waals surface area contributed by atoms with E-state index in [1.165, 1.54) is 5.71 Å². The van der Waals surface area contributed by atoms with Gasteiger partial charge in [0.05, 0.1) is 0 Å². The normalized spacial score (nSPS) is 12.7. The van der Waals surface area contributed by atoms with Gasteiger partial charge in [-0.05, 0) is 25.7 Å². The fourth-order valence-corrected chi connectivity index (χ4v) is 0.925. The summed E-state index contributed by atoms with van der Waals surface area (Å²) in [6.45, 7) is 11.1. The van der Waals surface area contributed by atoms with Gasteiger partial charge in [-0.15, -0.1) is 0 Å². The Kier molecular flexibility index (Phi) is 5.27. The van der Waals surface area contributed by atoms with Gasteiger partial charge in [-0.25, -0.2) is 0 Å². The van der Waals surface area contributed by atoms with Crippen molar-refractivity contribution in [3.05, 3.63) is 6.92 Å². The summed E-state index contributed by atoms with van der Waals surface area (Å²) >= 11 is 0. The van der Waals surface area contributed by atoms with Crippen LogP contribution in [-0.4, -0.2) is 12.3 Å². The average molecular weight is 140 g/mol. The van der Waals surface area contributed by atoms with Crippen LogP contribution in [0.2, 0.25) is 0 Å². The van der Waals surface area contributed by atoms with Crippen LogP contribution in [0.3, 0.4) is 0 Å². The summed E-state index contributed by atoms with van der Waals surface area (Å²) in [6, 6.07) is 0. The van der Waals surface area contributed by atoms with E-state index in [0.29, 0.717) is 0 Å². The summed E-state index contributed by atoms with van der Waals surface area (Å²) in [7, 11) is 0. The van der Waals surface area contributed by atoms with Gasteiger partial charge in [-0.1, -0.05) is 20.8 Å². The van der Waals surface area contributed by atoms with E-state index in [4.69, 9.17) is 0 Å². The minimum atomic E-state index is 0.730. The van der Waals surface area contributed by atoms with Gasteiger partial charge in [-0.2, -0.15) is 0 Å². The maximum Gasteiger partial charge on any atom is 0.0388 e. The number of hydrogen-bond acceptors (Lipinski definition) is 1. The number of hydrogen-bond donors (Lipinski definition) is 0. The molecule has 0 rings (SSSR count). The molecule has 10 heavy (non-hydrogen) atoms. The summed E-state index contributed by atoms with van der Waals surface area (Å²) in [6.07, 6.45) is 2.04. The summed E-state index contributed by atoms with van der Waals surface area (Å²) in [4.78, 5) is 4.34. The van der Waals surface area contributed by atoms with E-state index >= 15 is 0 Å².